The lowest BCUT2D eigenvalue weighted by Crippen LogP contribution is -2.44. The van der Waals surface area contributed by atoms with Crippen LogP contribution in [0.1, 0.15) is 65.9 Å². The van der Waals surface area contributed by atoms with Crippen molar-refractivity contribution in [1.82, 2.24) is 5.32 Å². The van der Waals surface area contributed by atoms with Gasteiger partial charge in [0.15, 0.2) is 0 Å². The standard InChI is InChI=1S/C19H32ClN/c1-6-8-13-19(7-2,15-21-18(3,4)5)14-16-11-9-10-12-17(16)20/h9-12,21H,6-8,13-15H2,1-5H3. The summed E-state index contributed by atoms with van der Waals surface area (Å²) in [6.07, 6.45) is 6.03. The first-order valence-corrected chi connectivity index (χ1v) is 8.68. The first kappa shape index (κ1) is 18.5. The van der Waals surface area contributed by atoms with E-state index in [2.05, 4.69) is 52.1 Å². The van der Waals surface area contributed by atoms with Crippen molar-refractivity contribution in [2.75, 3.05) is 6.54 Å². The van der Waals surface area contributed by atoms with Crippen LogP contribution in [-0.4, -0.2) is 12.1 Å². The first-order chi connectivity index (χ1) is 9.82. The Morgan fingerprint density at radius 2 is 1.76 bits per heavy atom. The predicted octanol–water partition coefficient (Wildman–Crippen LogP) is 5.86. The summed E-state index contributed by atoms with van der Waals surface area (Å²) < 4.78 is 0. The van der Waals surface area contributed by atoms with Crippen LogP contribution in [-0.2, 0) is 6.42 Å². The van der Waals surface area contributed by atoms with E-state index in [0.717, 1.165) is 18.0 Å². The monoisotopic (exact) mass is 309 g/mol. The Kier molecular flexibility index (Phi) is 7.23. The Morgan fingerprint density at radius 3 is 2.29 bits per heavy atom. The van der Waals surface area contributed by atoms with Crippen molar-refractivity contribution in [3.8, 4) is 0 Å². The van der Waals surface area contributed by atoms with Crippen molar-refractivity contribution in [2.24, 2.45) is 5.41 Å². The van der Waals surface area contributed by atoms with E-state index in [-0.39, 0.29) is 5.54 Å². The average Bonchev–Trinajstić information content (AvgIpc) is 2.43. The van der Waals surface area contributed by atoms with Crippen molar-refractivity contribution in [1.29, 1.82) is 0 Å². The van der Waals surface area contributed by atoms with E-state index >= 15 is 0 Å². The highest BCUT2D eigenvalue weighted by Crippen LogP contribution is 2.35. The van der Waals surface area contributed by atoms with Crippen LogP contribution in [0.3, 0.4) is 0 Å². The van der Waals surface area contributed by atoms with Gasteiger partial charge in [-0.25, -0.2) is 0 Å². The Hall–Kier alpha value is -0.530. The fourth-order valence-electron chi connectivity index (χ4n) is 2.72. The molecule has 0 aliphatic carbocycles. The van der Waals surface area contributed by atoms with E-state index in [1.54, 1.807) is 0 Å². The van der Waals surface area contributed by atoms with Crippen molar-refractivity contribution in [2.45, 2.75) is 72.3 Å². The lowest BCUT2D eigenvalue weighted by atomic mass is 9.74. The van der Waals surface area contributed by atoms with Crippen LogP contribution in [0.5, 0.6) is 0 Å². The molecule has 0 heterocycles. The molecule has 1 aromatic rings. The summed E-state index contributed by atoms with van der Waals surface area (Å²) in [6.45, 7) is 12.4. The smallest absolute Gasteiger partial charge is 0.0438 e. The maximum absolute atomic E-state index is 6.39. The van der Waals surface area contributed by atoms with Gasteiger partial charge in [0.05, 0.1) is 0 Å². The van der Waals surface area contributed by atoms with Gasteiger partial charge in [0, 0.05) is 17.1 Å². The zero-order chi connectivity index (χ0) is 15.9. The van der Waals surface area contributed by atoms with Gasteiger partial charge in [-0.05, 0) is 57.1 Å². The van der Waals surface area contributed by atoms with E-state index in [0.29, 0.717) is 5.41 Å². The van der Waals surface area contributed by atoms with Crippen LogP contribution in [0, 0.1) is 5.41 Å². The third kappa shape index (κ3) is 6.40. The van der Waals surface area contributed by atoms with E-state index in [9.17, 15) is 0 Å². The summed E-state index contributed by atoms with van der Waals surface area (Å²) >= 11 is 6.39. The van der Waals surface area contributed by atoms with Crippen molar-refractivity contribution in [3.05, 3.63) is 34.9 Å². The van der Waals surface area contributed by atoms with Crippen molar-refractivity contribution in [3.63, 3.8) is 0 Å². The third-order valence-corrected chi connectivity index (χ3v) is 4.70. The van der Waals surface area contributed by atoms with Gasteiger partial charge < -0.3 is 5.32 Å². The van der Waals surface area contributed by atoms with Gasteiger partial charge in [0.25, 0.3) is 0 Å². The minimum atomic E-state index is 0.160. The molecule has 0 saturated heterocycles. The predicted molar refractivity (Wildman–Crippen MR) is 95.2 cm³/mol. The zero-order valence-electron chi connectivity index (χ0n) is 14.4. The Bertz CT molecular complexity index is 422. The third-order valence-electron chi connectivity index (χ3n) is 4.33. The van der Waals surface area contributed by atoms with Crippen LogP contribution in [0.25, 0.3) is 0 Å². The average molecular weight is 310 g/mol. The fourth-order valence-corrected chi connectivity index (χ4v) is 2.92. The Morgan fingerprint density at radius 1 is 1.10 bits per heavy atom. The van der Waals surface area contributed by atoms with Crippen molar-refractivity contribution < 1.29 is 0 Å². The normalized spacial score (nSPS) is 15.0. The van der Waals surface area contributed by atoms with Gasteiger partial charge in [-0.2, -0.15) is 0 Å². The van der Waals surface area contributed by atoms with Gasteiger partial charge >= 0.3 is 0 Å². The van der Waals surface area contributed by atoms with Gasteiger partial charge in [-0.1, -0.05) is 56.5 Å². The molecule has 1 aromatic carbocycles. The van der Waals surface area contributed by atoms with Gasteiger partial charge in [0.1, 0.15) is 0 Å². The van der Waals surface area contributed by atoms with E-state index < -0.39 is 0 Å². The van der Waals surface area contributed by atoms with Crippen molar-refractivity contribution >= 4 is 11.6 Å². The van der Waals surface area contributed by atoms with E-state index in [1.807, 2.05) is 12.1 Å². The number of benzene rings is 1. The molecule has 0 aromatic heterocycles. The van der Waals surface area contributed by atoms with Gasteiger partial charge in [0.2, 0.25) is 0 Å². The molecule has 0 aliphatic rings. The van der Waals surface area contributed by atoms with Crippen LogP contribution < -0.4 is 5.32 Å². The molecule has 1 atom stereocenters. The second kappa shape index (κ2) is 8.19. The molecule has 0 amide bonds. The number of unbranched alkanes of at least 4 members (excludes halogenated alkanes) is 1. The first-order valence-electron chi connectivity index (χ1n) is 8.30. The highest BCUT2D eigenvalue weighted by atomic mass is 35.5. The molecule has 0 spiro atoms. The number of nitrogens with one attached hydrogen (secondary N) is 1. The van der Waals surface area contributed by atoms with Crippen LogP contribution >= 0.6 is 11.6 Å². The second-order valence-corrected chi connectivity index (χ2v) is 7.74. The molecule has 0 bridgehead atoms. The van der Waals surface area contributed by atoms with Crippen LogP contribution in [0.15, 0.2) is 24.3 Å². The maximum atomic E-state index is 6.39. The molecule has 0 radical (unpaired) electrons. The van der Waals surface area contributed by atoms with Crippen LogP contribution in [0.4, 0.5) is 0 Å². The molecule has 1 N–H and O–H groups in total. The summed E-state index contributed by atoms with van der Waals surface area (Å²) in [7, 11) is 0. The fraction of sp³-hybridized carbons (Fsp3) is 0.684. The maximum Gasteiger partial charge on any atom is 0.0438 e. The molecule has 0 aliphatic heterocycles. The zero-order valence-corrected chi connectivity index (χ0v) is 15.2. The van der Waals surface area contributed by atoms with Gasteiger partial charge in [-0.15, -0.1) is 0 Å². The highest BCUT2D eigenvalue weighted by molar-refractivity contribution is 6.31. The molecular weight excluding hydrogens is 278 g/mol. The second-order valence-electron chi connectivity index (χ2n) is 7.33. The molecule has 1 rings (SSSR count). The minimum absolute atomic E-state index is 0.160. The minimum Gasteiger partial charge on any atom is -0.312 e. The molecular formula is C19H32ClN. The molecule has 2 heteroatoms. The molecule has 1 nitrogen and oxygen atoms in total. The Balaban J connectivity index is 2.91. The molecule has 0 fully saturated rings. The van der Waals surface area contributed by atoms with Gasteiger partial charge in [-0.3, -0.25) is 0 Å². The summed E-state index contributed by atoms with van der Waals surface area (Å²) in [5.74, 6) is 0. The quantitative estimate of drug-likeness (QED) is 0.634. The topological polar surface area (TPSA) is 12.0 Å². The van der Waals surface area contributed by atoms with E-state index in [1.165, 1.54) is 31.2 Å². The summed E-state index contributed by atoms with van der Waals surface area (Å²) in [4.78, 5) is 0. The largest absolute Gasteiger partial charge is 0.312 e. The highest BCUT2D eigenvalue weighted by Gasteiger charge is 2.30. The Labute approximate surface area is 136 Å². The molecule has 0 saturated carbocycles. The number of halogens is 1. The lowest BCUT2D eigenvalue weighted by Gasteiger charge is -2.37. The molecule has 1 unspecified atom stereocenters. The van der Waals surface area contributed by atoms with Crippen LogP contribution in [0.2, 0.25) is 5.02 Å². The number of hydrogen-bond donors (Lipinski definition) is 1. The summed E-state index contributed by atoms with van der Waals surface area (Å²) in [5, 5.41) is 4.62. The SMILES string of the molecule is CCCCC(CC)(CNC(C)(C)C)Cc1ccccc1Cl. The van der Waals surface area contributed by atoms with E-state index in [4.69, 9.17) is 11.6 Å². The summed E-state index contributed by atoms with van der Waals surface area (Å²) in [5.41, 5.74) is 1.74. The number of hydrogen-bond acceptors (Lipinski definition) is 1. The molecule has 21 heavy (non-hydrogen) atoms. The summed E-state index contributed by atoms with van der Waals surface area (Å²) in [6, 6.07) is 8.29. The number of rotatable bonds is 8. The molecule has 120 valence electrons. The lowest BCUT2D eigenvalue weighted by molar-refractivity contribution is 0.206.